The molecular weight excluding hydrogens is 284 g/mol. The van der Waals surface area contributed by atoms with E-state index in [1.807, 2.05) is 60.7 Å². The van der Waals surface area contributed by atoms with Gasteiger partial charge in [0.15, 0.2) is 5.78 Å². The smallest absolute Gasteiger partial charge is 0.185 e. The van der Waals surface area contributed by atoms with Crippen molar-refractivity contribution in [1.82, 2.24) is 0 Å². The van der Waals surface area contributed by atoms with Crippen molar-refractivity contribution in [2.45, 2.75) is 32.6 Å². The molecule has 0 aliphatic carbocycles. The zero-order valence-electron chi connectivity index (χ0n) is 13.7. The van der Waals surface area contributed by atoms with Gasteiger partial charge in [-0.25, -0.2) is 0 Å². The van der Waals surface area contributed by atoms with Crippen LogP contribution in [0.5, 0.6) is 5.75 Å². The summed E-state index contributed by atoms with van der Waals surface area (Å²) in [6.07, 6.45) is 8.21. The van der Waals surface area contributed by atoms with Crippen LogP contribution in [0.25, 0.3) is 6.08 Å². The van der Waals surface area contributed by atoms with E-state index >= 15 is 0 Å². The Kier molecular flexibility index (Phi) is 7.12. The van der Waals surface area contributed by atoms with Crippen molar-refractivity contribution in [3.8, 4) is 5.75 Å². The van der Waals surface area contributed by atoms with Gasteiger partial charge in [0.1, 0.15) is 5.75 Å². The third-order valence-electron chi connectivity index (χ3n) is 3.63. The van der Waals surface area contributed by atoms with Crippen LogP contribution >= 0.6 is 0 Å². The Bertz CT molecular complexity index is 612. The zero-order valence-corrected chi connectivity index (χ0v) is 13.7. The molecule has 0 fully saturated rings. The number of hydrogen-bond acceptors (Lipinski definition) is 2. The van der Waals surface area contributed by atoms with Gasteiger partial charge in [-0.05, 0) is 42.3 Å². The first kappa shape index (κ1) is 17.0. The van der Waals surface area contributed by atoms with E-state index in [9.17, 15) is 4.79 Å². The highest BCUT2D eigenvalue weighted by Gasteiger charge is 2.02. The van der Waals surface area contributed by atoms with Gasteiger partial charge in [-0.1, -0.05) is 62.6 Å². The fourth-order valence-corrected chi connectivity index (χ4v) is 2.27. The van der Waals surface area contributed by atoms with Crippen LogP contribution < -0.4 is 4.74 Å². The molecule has 0 N–H and O–H groups in total. The third-order valence-corrected chi connectivity index (χ3v) is 3.63. The maximum Gasteiger partial charge on any atom is 0.185 e. The number of ketones is 1. The normalized spacial score (nSPS) is 10.8. The largest absolute Gasteiger partial charge is 0.494 e. The second-order valence-electron chi connectivity index (χ2n) is 5.54. The summed E-state index contributed by atoms with van der Waals surface area (Å²) < 4.78 is 5.69. The number of rotatable bonds is 9. The minimum Gasteiger partial charge on any atom is -0.494 e. The summed E-state index contributed by atoms with van der Waals surface area (Å²) in [5.74, 6) is 0.827. The number of carbonyl (C=O) groups excluding carboxylic acids is 1. The van der Waals surface area contributed by atoms with Crippen LogP contribution in [0.4, 0.5) is 0 Å². The number of ether oxygens (including phenoxy) is 1. The Morgan fingerprint density at radius 2 is 1.70 bits per heavy atom. The second kappa shape index (κ2) is 9.62. The molecule has 2 aromatic carbocycles. The number of carbonyl (C=O) groups is 1. The summed E-state index contributed by atoms with van der Waals surface area (Å²) in [5.41, 5.74) is 1.70. The lowest BCUT2D eigenvalue weighted by Gasteiger charge is -2.06. The fraction of sp³-hybridized carbons (Fsp3) is 0.286. The van der Waals surface area contributed by atoms with Gasteiger partial charge in [0.05, 0.1) is 6.61 Å². The molecule has 0 aliphatic heterocycles. The molecule has 0 aromatic heterocycles. The zero-order chi connectivity index (χ0) is 16.3. The van der Waals surface area contributed by atoms with E-state index in [-0.39, 0.29) is 5.78 Å². The Balaban J connectivity index is 1.84. The van der Waals surface area contributed by atoms with Crippen molar-refractivity contribution >= 4 is 11.9 Å². The van der Waals surface area contributed by atoms with Crippen molar-refractivity contribution < 1.29 is 9.53 Å². The molecule has 23 heavy (non-hydrogen) atoms. The summed E-state index contributed by atoms with van der Waals surface area (Å²) in [5, 5.41) is 0. The van der Waals surface area contributed by atoms with Gasteiger partial charge >= 0.3 is 0 Å². The monoisotopic (exact) mass is 308 g/mol. The molecule has 2 heteroatoms. The van der Waals surface area contributed by atoms with E-state index in [0.717, 1.165) is 24.3 Å². The highest BCUT2D eigenvalue weighted by atomic mass is 16.5. The summed E-state index contributed by atoms with van der Waals surface area (Å²) >= 11 is 0. The van der Waals surface area contributed by atoms with Gasteiger partial charge in [0.2, 0.25) is 0 Å². The first-order chi connectivity index (χ1) is 11.3. The molecule has 0 radical (unpaired) electrons. The average molecular weight is 308 g/mol. The molecule has 120 valence electrons. The first-order valence-corrected chi connectivity index (χ1v) is 8.30. The van der Waals surface area contributed by atoms with Gasteiger partial charge in [-0.15, -0.1) is 0 Å². The molecule has 0 atom stereocenters. The molecule has 2 nitrogen and oxygen atoms in total. The highest BCUT2D eigenvalue weighted by molar-refractivity contribution is 6.06. The highest BCUT2D eigenvalue weighted by Crippen LogP contribution is 2.14. The van der Waals surface area contributed by atoms with Crippen molar-refractivity contribution in [2.24, 2.45) is 0 Å². The second-order valence-corrected chi connectivity index (χ2v) is 5.54. The molecule has 0 spiro atoms. The molecule has 0 unspecified atom stereocenters. The van der Waals surface area contributed by atoms with E-state index in [4.69, 9.17) is 4.74 Å². The predicted molar refractivity (Wildman–Crippen MR) is 95.9 cm³/mol. The molecule has 2 rings (SSSR count). The summed E-state index contributed by atoms with van der Waals surface area (Å²) in [6.45, 7) is 2.93. The van der Waals surface area contributed by atoms with E-state index < -0.39 is 0 Å². The van der Waals surface area contributed by atoms with Gasteiger partial charge in [-0.3, -0.25) is 4.79 Å². The molecule has 0 amide bonds. The number of allylic oxidation sites excluding steroid dienone is 1. The first-order valence-electron chi connectivity index (χ1n) is 8.30. The molecule has 0 heterocycles. The molecule has 2 aromatic rings. The van der Waals surface area contributed by atoms with Crippen molar-refractivity contribution in [3.63, 3.8) is 0 Å². The van der Waals surface area contributed by atoms with E-state index in [2.05, 4.69) is 6.92 Å². The molecule has 0 saturated carbocycles. The summed E-state index contributed by atoms with van der Waals surface area (Å²) in [4.78, 5) is 12.1. The van der Waals surface area contributed by atoms with Crippen LogP contribution in [-0.4, -0.2) is 12.4 Å². The number of benzene rings is 2. The van der Waals surface area contributed by atoms with Crippen LogP contribution in [0.15, 0.2) is 60.7 Å². The Morgan fingerprint density at radius 3 is 2.39 bits per heavy atom. The van der Waals surface area contributed by atoms with Crippen molar-refractivity contribution in [3.05, 3.63) is 71.8 Å². The van der Waals surface area contributed by atoms with Gasteiger partial charge in [0.25, 0.3) is 0 Å². The minimum absolute atomic E-state index is 0.00310. The van der Waals surface area contributed by atoms with Gasteiger partial charge < -0.3 is 4.74 Å². The Labute approximate surface area is 138 Å². The quantitative estimate of drug-likeness (QED) is 0.345. The lowest BCUT2D eigenvalue weighted by Crippen LogP contribution is -1.98. The fourth-order valence-electron chi connectivity index (χ4n) is 2.27. The lowest BCUT2D eigenvalue weighted by molar-refractivity contribution is 0.104. The SMILES string of the molecule is CCCCCCOc1ccc(C(=O)/C=C/c2ccccc2)cc1. The van der Waals surface area contributed by atoms with E-state index in [1.54, 1.807) is 6.08 Å². The van der Waals surface area contributed by atoms with Crippen LogP contribution in [0.1, 0.15) is 48.5 Å². The van der Waals surface area contributed by atoms with Crippen LogP contribution in [0.3, 0.4) is 0 Å². The van der Waals surface area contributed by atoms with Crippen molar-refractivity contribution in [2.75, 3.05) is 6.61 Å². The minimum atomic E-state index is 0.00310. The van der Waals surface area contributed by atoms with Gasteiger partial charge in [0, 0.05) is 5.56 Å². The summed E-state index contributed by atoms with van der Waals surface area (Å²) in [7, 11) is 0. The third kappa shape index (κ3) is 6.11. The van der Waals surface area contributed by atoms with Crippen LogP contribution in [0.2, 0.25) is 0 Å². The average Bonchev–Trinajstić information content (AvgIpc) is 2.61. The standard InChI is InChI=1S/C21H24O2/c1-2-3-4-8-17-23-20-14-12-19(13-15-20)21(22)16-11-18-9-6-5-7-10-18/h5-7,9-16H,2-4,8,17H2,1H3/b16-11+. The Hall–Kier alpha value is -2.35. The topological polar surface area (TPSA) is 26.3 Å². The molecule has 0 bridgehead atoms. The van der Waals surface area contributed by atoms with E-state index in [1.165, 1.54) is 19.3 Å². The molecular formula is C21H24O2. The molecule has 0 aliphatic rings. The van der Waals surface area contributed by atoms with Gasteiger partial charge in [-0.2, -0.15) is 0 Å². The number of hydrogen-bond donors (Lipinski definition) is 0. The van der Waals surface area contributed by atoms with E-state index in [0.29, 0.717) is 5.56 Å². The molecule has 0 saturated heterocycles. The summed E-state index contributed by atoms with van der Waals surface area (Å²) in [6, 6.07) is 17.2. The Morgan fingerprint density at radius 1 is 0.957 bits per heavy atom. The maximum atomic E-state index is 12.1. The predicted octanol–water partition coefficient (Wildman–Crippen LogP) is 5.54. The maximum absolute atomic E-state index is 12.1. The van der Waals surface area contributed by atoms with Crippen LogP contribution in [-0.2, 0) is 0 Å². The lowest BCUT2D eigenvalue weighted by atomic mass is 10.1. The number of unbranched alkanes of at least 4 members (excludes halogenated alkanes) is 3. The van der Waals surface area contributed by atoms with Crippen molar-refractivity contribution in [1.29, 1.82) is 0 Å². The van der Waals surface area contributed by atoms with Crippen LogP contribution in [0, 0.1) is 0 Å².